The second-order valence-corrected chi connectivity index (χ2v) is 12.7. The van der Waals surface area contributed by atoms with E-state index in [1.165, 1.54) is 109 Å². The number of unbranched alkanes of at least 4 members (excludes halogenated alkanes) is 1. The molecule has 202 valence electrons. The molecular weight excluding hydrogens is 442 g/mol. The molecule has 2 nitrogen and oxygen atoms in total. The van der Waals surface area contributed by atoms with Gasteiger partial charge in [0.2, 0.25) is 0 Å². The molecule has 4 rings (SSSR count). The molecule has 0 N–H and O–H groups in total. The molecule has 0 aromatic heterocycles. The molecular formula is C31H52F2O2. The van der Waals surface area contributed by atoms with Gasteiger partial charge in [0.15, 0.2) is 6.29 Å². The van der Waals surface area contributed by atoms with E-state index in [2.05, 4.69) is 6.92 Å². The Balaban J connectivity index is 1.02. The van der Waals surface area contributed by atoms with Crippen molar-refractivity contribution in [1.29, 1.82) is 0 Å². The van der Waals surface area contributed by atoms with Crippen molar-refractivity contribution in [3.05, 3.63) is 12.2 Å². The van der Waals surface area contributed by atoms with Crippen LogP contribution >= 0.6 is 0 Å². The largest absolute Gasteiger partial charge is 0.352 e. The minimum absolute atomic E-state index is 0.0733. The highest BCUT2D eigenvalue weighted by Crippen LogP contribution is 2.43. The van der Waals surface area contributed by atoms with Crippen molar-refractivity contribution in [2.75, 3.05) is 13.2 Å². The number of hydrogen-bond donors (Lipinski definition) is 0. The molecule has 35 heavy (non-hydrogen) atoms. The molecule has 1 saturated heterocycles. The van der Waals surface area contributed by atoms with E-state index < -0.39 is 6.08 Å². The molecule has 1 heterocycles. The second-order valence-electron chi connectivity index (χ2n) is 12.7. The number of allylic oxidation sites excluding steroid dienone is 1. The third-order valence-corrected chi connectivity index (χ3v) is 10.2. The van der Waals surface area contributed by atoms with E-state index in [0.29, 0.717) is 11.8 Å². The number of halogens is 2. The van der Waals surface area contributed by atoms with Crippen LogP contribution in [0.1, 0.15) is 122 Å². The summed E-state index contributed by atoms with van der Waals surface area (Å²) in [6.45, 7) is 4.05. The lowest BCUT2D eigenvalue weighted by Gasteiger charge is -2.38. The highest BCUT2D eigenvalue weighted by Gasteiger charge is 2.33. The molecule has 3 saturated carbocycles. The summed E-state index contributed by atoms with van der Waals surface area (Å²) in [7, 11) is 0. The van der Waals surface area contributed by atoms with Crippen LogP contribution in [-0.2, 0) is 9.47 Å². The molecule has 1 aliphatic heterocycles. The Morgan fingerprint density at radius 2 is 1.11 bits per heavy atom. The zero-order chi connectivity index (χ0) is 24.5. The Bertz CT molecular complexity index is 601. The lowest BCUT2D eigenvalue weighted by atomic mass is 9.68. The van der Waals surface area contributed by atoms with Gasteiger partial charge in [-0.1, -0.05) is 51.9 Å². The molecule has 4 heteroatoms. The SMILES string of the molecule is CCCC1COC(C2CCC(CCCCC3CCC(C4CCC(C=C(F)F)CC4)CC3)CC2)OC1. The monoisotopic (exact) mass is 494 g/mol. The molecule has 0 amide bonds. The third kappa shape index (κ3) is 8.80. The van der Waals surface area contributed by atoms with Crippen molar-refractivity contribution < 1.29 is 18.3 Å². The van der Waals surface area contributed by atoms with E-state index in [4.69, 9.17) is 9.47 Å². The minimum Gasteiger partial charge on any atom is -0.352 e. The maximum atomic E-state index is 12.5. The van der Waals surface area contributed by atoms with Crippen molar-refractivity contribution in [1.82, 2.24) is 0 Å². The predicted octanol–water partition coefficient (Wildman–Crippen LogP) is 9.54. The van der Waals surface area contributed by atoms with Gasteiger partial charge in [-0.15, -0.1) is 0 Å². The van der Waals surface area contributed by atoms with Gasteiger partial charge in [0, 0.05) is 11.8 Å². The molecule has 3 aliphatic carbocycles. The Morgan fingerprint density at radius 3 is 1.60 bits per heavy atom. The van der Waals surface area contributed by atoms with Crippen molar-refractivity contribution in [2.24, 2.45) is 41.4 Å². The third-order valence-electron chi connectivity index (χ3n) is 10.2. The van der Waals surface area contributed by atoms with E-state index in [1.807, 2.05) is 0 Å². The van der Waals surface area contributed by atoms with E-state index in [0.717, 1.165) is 49.7 Å². The average molecular weight is 495 g/mol. The van der Waals surface area contributed by atoms with Gasteiger partial charge in [-0.3, -0.25) is 0 Å². The standard InChI is InChI=1S/C31H52F2O2/c1-2-5-26-21-34-31(35-22-26)29-18-10-24(11-19-29)7-4-3-6-23-8-14-27(15-9-23)28-16-12-25(13-17-28)20-30(32)33/h20,23-29,31H,2-19,21-22H2,1H3. The maximum absolute atomic E-state index is 12.5. The fourth-order valence-corrected chi connectivity index (χ4v) is 7.93. The van der Waals surface area contributed by atoms with Crippen molar-refractivity contribution >= 4 is 0 Å². The second kappa shape index (κ2) is 14.5. The van der Waals surface area contributed by atoms with Gasteiger partial charge in [0.05, 0.1) is 13.2 Å². The fourth-order valence-electron chi connectivity index (χ4n) is 7.93. The lowest BCUT2D eigenvalue weighted by molar-refractivity contribution is -0.230. The Morgan fingerprint density at radius 1 is 0.629 bits per heavy atom. The van der Waals surface area contributed by atoms with Crippen molar-refractivity contribution in [2.45, 2.75) is 129 Å². The first kappa shape index (κ1) is 27.6. The maximum Gasteiger partial charge on any atom is 0.266 e. The van der Waals surface area contributed by atoms with E-state index in [9.17, 15) is 8.78 Å². The molecule has 0 radical (unpaired) electrons. The molecule has 0 unspecified atom stereocenters. The minimum atomic E-state index is -1.48. The number of ether oxygens (including phenoxy) is 2. The zero-order valence-electron chi connectivity index (χ0n) is 22.4. The van der Waals surface area contributed by atoms with Crippen molar-refractivity contribution in [3.8, 4) is 0 Å². The Labute approximate surface area is 214 Å². The molecule has 0 atom stereocenters. The first-order chi connectivity index (χ1) is 17.1. The number of rotatable bonds is 10. The Kier molecular flexibility index (Phi) is 11.4. The molecule has 4 aliphatic rings. The van der Waals surface area contributed by atoms with Crippen LogP contribution in [0, 0.1) is 41.4 Å². The van der Waals surface area contributed by atoms with Gasteiger partial charge in [0.25, 0.3) is 6.08 Å². The summed E-state index contributed by atoms with van der Waals surface area (Å²) in [6.07, 6.45) is 23.1. The first-order valence-electron chi connectivity index (χ1n) is 15.4. The molecule has 0 spiro atoms. The van der Waals surface area contributed by atoms with Crippen LogP contribution in [0.15, 0.2) is 12.2 Å². The predicted molar refractivity (Wildman–Crippen MR) is 139 cm³/mol. The van der Waals surface area contributed by atoms with Gasteiger partial charge in [-0.05, 0) is 106 Å². The topological polar surface area (TPSA) is 18.5 Å². The summed E-state index contributed by atoms with van der Waals surface area (Å²) in [5.74, 6) is 4.92. The van der Waals surface area contributed by atoms with Gasteiger partial charge in [-0.2, -0.15) is 8.78 Å². The summed E-state index contributed by atoms with van der Waals surface area (Å²) in [5, 5.41) is 0. The molecule has 0 aromatic carbocycles. The average Bonchev–Trinajstić information content (AvgIpc) is 2.88. The van der Waals surface area contributed by atoms with Crippen LogP contribution in [0.4, 0.5) is 8.78 Å². The first-order valence-corrected chi connectivity index (χ1v) is 15.4. The van der Waals surface area contributed by atoms with Crippen LogP contribution in [-0.4, -0.2) is 19.5 Å². The molecule has 4 fully saturated rings. The normalized spacial score (nSPS) is 38.7. The Hall–Kier alpha value is -0.480. The van der Waals surface area contributed by atoms with Crippen LogP contribution in [0.2, 0.25) is 0 Å². The van der Waals surface area contributed by atoms with E-state index >= 15 is 0 Å². The quantitative estimate of drug-likeness (QED) is 0.281. The van der Waals surface area contributed by atoms with Crippen LogP contribution in [0.3, 0.4) is 0 Å². The summed E-state index contributed by atoms with van der Waals surface area (Å²) < 4.78 is 37.2. The van der Waals surface area contributed by atoms with Crippen LogP contribution in [0.5, 0.6) is 0 Å². The van der Waals surface area contributed by atoms with Gasteiger partial charge < -0.3 is 9.47 Å². The highest BCUT2D eigenvalue weighted by molar-refractivity contribution is 4.92. The molecule has 0 bridgehead atoms. The smallest absolute Gasteiger partial charge is 0.266 e. The van der Waals surface area contributed by atoms with Gasteiger partial charge in [-0.25, -0.2) is 0 Å². The lowest BCUT2D eigenvalue weighted by Crippen LogP contribution is -2.38. The van der Waals surface area contributed by atoms with Crippen LogP contribution < -0.4 is 0 Å². The summed E-state index contributed by atoms with van der Waals surface area (Å²) in [5.41, 5.74) is 0. The van der Waals surface area contributed by atoms with E-state index in [-0.39, 0.29) is 12.2 Å². The van der Waals surface area contributed by atoms with Gasteiger partial charge >= 0.3 is 0 Å². The van der Waals surface area contributed by atoms with Gasteiger partial charge in [0.1, 0.15) is 0 Å². The van der Waals surface area contributed by atoms with E-state index in [1.54, 1.807) is 0 Å². The fraction of sp³-hybridized carbons (Fsp3) is 0.935. The number of hydrogen-bond acceptors (Lipinski definition) is 2. The van der Waals surface area contributed by atoms with Crippen LogP contribution in [0.25, 0.3) is 0 Å². The summed E-state index contributed by atoms with van der Waals surface area (Å²) in [4.78, 5) is 0. The summed E-state index contributed by atoms with van der Waals surface area (Å²) >= 11 is 0. The molecule has 0 aromatic rings. The zero-order valence-corrected chi connectivity index (χ0v) is 22.4. The summed E-state index contributed by atoms with van der Waals surface area (Å²) in [6, 6.07) is 0. The van der Waals surface area contributed by atoms with Crippen molar-refractivity contribution in [3.63, 3.8) is 0 Å². The highest BCUT2D eigenvalue weighted by atomic mass is 19.3.